The van der Waals surface area contributed by atoms with Crippen molar-refractivity contribution in [2.45, 2.75) is 37.2 Å². The number of aryl methyl sites for hydroxylation is 1. The number of pyridine rings is 1. The first-order valence-corrected chi connectivity index (χ1v) is 7.51. The molecule has 0 amide bonds. The molecule has 3 heteroatoms. The predicted molar refractivity (Wildman–Crippen MR) is 80.2 cm³/mol. The summed E-state index contributed by atoms with van der Waals surface area (Å²) in [6.45, 7) is 3.93. The highest BCUT2D eigenvalue weighted by molar-refractivity contribution is 7.98. The molecule has 2 rings (SSSR count). The highest BCUT2D eigenvalue weighted by atomic mass is 32.2. The van der Waals surface area contributed by atoms with Gasteiger partial charge in [0.05, 0.1) is 11.1 Å². The summed E-state index contributed by atoms with van der Waals surface area (Å²) in [6.07, 6.45) is 0.319. The van der Waals surface area contributed by atoms with Gasteiger partial charge in [-0.05, 0) is 25.0 Å². The lowest BCUT2D eigenvalue weighted by Gasteiger charge is -2.12. The molecule has 1 atom stereocenters. The predicted octanol–water partition coefficient (Wildman–Crippen LogP) is 4.13. The third kappa shape index (κ3) is 3.82. The Morgan fingerprint density at radius 3 is 2.53 bits per heavy atom. The summed E-state index contributed by atoms with van der Waals surface area (Å²) in [6, 6.07) is 14.4. The van der Waals surface area contributed by atoms with E-state index >= 15 is 0 Å². The first kappa shape index (κ1) is 14.1. The number of benzene rings is 1. The fourth-order valence-corrected chi connectivity index (χ4v) is 2.81. The summed E-state index contributed by atoms with van der Waals surface area (Å²) >= 11 is 1.72. The molecule has 0 aliphatic heterocycles. The van der Waals surface area contributed by atoms with Crippen LogP contribution in [0.5, 0.6) is 0 Å². The van der Waals surface area contributed by atoms with Crippen molar-refractivity contribution < 1.29 is 5.11 Å². The molecule has 0 spiro atoms. The lowest BCUT2D eigenvalue weighted by atomic mass is 10.1. The maximum Gasteiger partial charge on any atom is 0.0966 e. The molecule has 100 valence electrons. The normalized spacial score (nSPS) is 12.4. The summed E-state index contributed by atoms with van der Waals surface area (Å²) < 4.78 is 0. The number of aliphatic hydroxyl groups is 1. The van der Waals surface area contributed by atoms with E-state index < -0.39 is 6.10 Å². The summed E-state index contributed by atoms with van der Waals surface area (Å²) in [5, 5.41) is 10.9. The minimum absolute atomic E-state index is 0.402. The maximum atomic E-state index is 9.86. The average molecular weight is 273 g/mol. The van der Waals surface area contributed by atoms with Crippen LogP contribution in [-0.2, 0) is 5.75 Å². The smallest absolute Gasteiger partial charge is 0.0966 e. The number of hydrogen-bond acceptors (Lipinski definition) is 3. The van der Waals surface area contributed by atoms with Crippen molar-refractivity contribution in [3.05, 3.63) is 59.3 Å². The molecule has 0 fully saturated rings. The van der Waals surface area contributed by atoms with Crippen molar-refractivity contribution >= 4 is 11.8 Å². The molecule has 0 bridgehead atoms. The van der Waals surface area contributed by atoms with Gasteiger partial charge in [0.25, 0.3) is 0 Å². The van der Waals surface area contributed by atoms with E-state index in [0.717, 1.165) is 28.5 Å². The fraction of sp³-hybridized carbons (Fsp3) is 0.312. The standard InChI is InChI=1S/C16H19NOS/c1-3-15(18)14-9-10-16(17-12(14)2)19-11-13-7-5-4-6-8-13/h4-10,15,18H,3,11H2,1-2H3/t15-/m0/s1. The van der Waals surface area contributed by atoms with Crippen LogP contribution in [0.2, 0.25) is 0 Å². The van der Waals surface area contributed by atoms with Gasteiger partial charge in [-0.25, -0.2) is 4.98 Å². The average Bonchev–Trinajstić information content (AvgIpc) is 2.45. The van der Waals surface area contributed by atoms with E-state index in [1.165, 1.54) is 5.56 Å². The van der Waals surface area contributed by atoms with Gasteiger partial charge in [-0.3, -0.25) is 0 Å². The van der Waals surface area contributed by atoms with Crippen LogP contribution in [0.15, 0.2) is 47.5 Å². The molecular weight excluding hydrogens is 254 g/mol. The lowest BCUT2D eigenvalue weighted by Crippen LogP contribution is -2.00. The number of thioether (sulfide) groups is 1. The number of aliphatic hydroxyl groups excluding tert-OH is 1. The van der Waals surface area contributed by atoms with Crippen molar-refractivity contribution in [3.8, 4) is 0 Å². The van der Waals surface area contributed by atoms with Gasteiger partial charge < -0.3 is 5.11 Å². The van der Waals surface area contributed by atoms with Gasteiger partial charge in [-0.15, -0.1) is 11.8 Å². The summed E-state index contributed by atoms with van der Waals surface area (Å²) in [5.41, 5.74) is 3.16. The largest absolute Gasteiger partial charge is 0.388 e. The highest BCUT2D eigenvalue weighted by Crippen LogP contribution is 2.25. The Morgan fingerprint density at radius 2 is 1.89 bits per heavy atom. The van der Waals surface area contributed by atoms with Gasteiger partial charge in [0, 0.05) is 17.0 Å². The molecule has 1 aromatic carbocycles. The molecule has 1 N–H and O–H groups in total. The maximum absolute atomic E-state index is 9.86. The molecule has 0 aliphatic rings. The molecule has 19 heavy (non-hydrogen) atoms. The molecular formula is C16H19NOS. The molecule has 0 radical (unpaired) electrons. The third-order valence-electron chi connectivity index (χ3n) is 3.08. The van der Waals surface area contributed by atoms with E-state index in [4.69, 9.17) is 0 Å². The topological polar surface area (TPSA) is 33.1 Å². The van der Waals surface area contributed by atoms with E-state index in [-0.39, 0.29) is 0 Å². The van der Waals surface area contributed by atoms with E-state index in [1.54, 1.807) is 11.8 Å². The number of nitrogens with zero attached hydrogens (tertiary/aromatic N) is 1. The Morgan fingerprint density at radius 1 is 1.16 bits per heavy atom. The molecule has 1 aromatic heterocycles. The van der Waals surface area contributed by atoms with Crippen LogP contribution in [0.4, 0.5) is 0 Å². The second-order valence-corrected chi connectivity index (χ2v) is 5.52. The van der Waals surface area contributed by atoms with Crippen molar-refractivity contribution in [2.24, 2.45) is 0 Å². The molecule has 0 aliphatic carbocycles. The first-order chi connectivity index (χ1) is 9.20. The van der Waals surface area contributed by atoms with Gasteiger partial charge in [-0.2, -0.15) is 0 Å². The second kappa shape index (κ2) is 6.73. The van der Waals surface area contributed by atoms with Crippen molar-refractivity contribution in [1.82, 2.24) is 4.98 Å². The van der Waals surface area contributed by atoms with E-state index in [1.807, 2.05) is 32.0 Å². The van der Waals surface area contributed by atoms with Crippen LogP contribution >= 0.6 is 11.8 Å². The minimum Gasteiger partial charge on any atom is -0.388 e. The zero-order valence-corrected chi connectivity index (χ0v) is 12.2. The minimum atomic E-state index is -0.402. The monoisotopic (exact) mass is 273 g/mol. The molecule has 0 saturated heterocycles. The van der Waals surface area contributed by atoms with Crippen molar-refractivity contribution in [1.29, 1.82) is 0 Å². The van der Waals surface area contributed by atoms with Gasteiger partial charge in [0.15, 0.2) is 0 Å². The van der Waals surface area contributed by atoms with Crippen LogP contribution in [-0.4, -0.2) is 10.1 Å². The fourth-order valence-electron chi connectivity index (χ4n) is 1.93. The Hall–Kier alpha value is -1.32. The van der Waals surface area contributed by atoms with Gasteiger partial charge in [-0.1, -0.05) is 43.3 Å². The van der Waals surface area contributed by atoms with E-state index in [9.17, 15) is 5.11 Å². The molecule has 1 heterocycles. The first-order valence-electron chi connectivity index (χ1n) is 6.53. The number of aromatic nitrogens is 1. The van der Waals surface area contributed by atoms with Crippen molar-refractivity contribution in [3.63, 3.8) is 0 Å². The molecule has 0 saturated carbocycles. The zero-order valence-electron chi connectivity index (χ0n) is 11.3. The summed E-state index contributed by atoms with van der Waals surface area (Å²) in [4.78, 5) is 4.56. The van der Waals surface area contributed by atoms with Gasteiger partial charge >= 0.3 is 0 Å². The molecule has 0 unspecified atom stereocenters. The quantitative estimate of drug-likeness (QED) is 0.832. The van der Waals surface area contributed by atoms with Crippen LogP contribution in [0.25, 0.3) is 0 Å². The molecule has 2 aromatic rings. The van der Waals surface area contributed by atoms with E-state index in [2.05, 4.69) is 29.2 Å². The Labute approximate surface area is 118 Å². The SMILES string of the molecule is CC[C@H](O)c1ccc(SCc2ccccc2)nc1C. The zero-order chi connectivity index (χ0) is 13.7. The number of rotatable bonds is 5. The van der Waals surface area contributed by atoms with Crippen LogP contribution < -0.4 is 0 Å². The van der Waals surface area contributed by atoms with Crippen LogP contribution in [0.3, 0.4) is 0 Å². The van der Waals surface area contributed by atoms with Gasteiger partial charge in [0.2, 0.25) is 0 Å². The number of hydrogen-bond donors (Lipinski definition) is 1. The second-order valence-electron chi connectivity index (χ2n) is 4.52. The van der Waals surface area contributed by atoms with Crippen LogP contribution in [0.1, 0.15) is 36.3 Å². The van der Waals surface area contributed by atoms with Gasteiger partial charge in [0.1, 0.15) is 0 Å². The Bertz CT molecular complexity index is 528. The van der Waals surface area contributed by atoms with Crippen molar-refractivity contribution in [2.75, 3.05) is 0 Å². The Kier molecular flexibility index (Phi) is 5.00. The summed E-state index contributed by atoms with van der Waals surface area (Å²) in [5.74, 6) is 0.920. The Balaban J connectivity index is 2.04. The molecule has 2 nitrogen and oxygen atoms in total. The van der Waals surface area contributed by atoms with E-state index in [0.29, 0.717) is 0 Å². The highest BCUT2D eigenvalue weighted by Gasteiger charge is 2.09. The lowest BCUT2D eigenvalue weighted by molar-refractivity contribution is 0.172. The summed E-state index contributed by atoms with van der Waals surface area (Å²) in [7, 11) is 0. The third-order valence-corrected chi connectivity index (χ3v) is 4.08. The van der Waals surface area contributed by atoms with Crippen LogP contribution in [0, 0.1) is 6.92 Å².